The van der Waals surface area contributed by atoms with Crippen LogP contribution >= 0.6 is 0 Å². The zero-order valence-electron chi connectivity index (χ0n) is 25.5. The number of carbonyl (C=O) groups excluding carboxylic acids is 6. The molecule has 238 valence electrons. The molecule has 3 amide bonds. The summed E-state index contributed by atoms with van der Waals surface area (Å²) in [7, 11) is 4.94. The van der Waals surface area contributed by atoms with Gasteiger partial charge in [-0.1, -0.05) is 13.8 Å². The SMILES string of the molecule is COc1ccc(NC(=O)Nc2cc(N(C)C)c3c(c2O)C(=O)C2C(=O)[C@]4(O)C(=O)C(C(N)=O)C(=O)[C@@H](C(C)C)[C@@H]4C[C@@H]2C3)cc1. The molecule has 0 radical (unpaired) electrons. The van der Waals surface area contributed by atoms with Gasteiger partial charge in [0.15, 0.2) is 34.7 Å². The molecular weight excluding hydrogens is 584 g/mol. The van der Waals surface area contributed by atoms with E-state index in [0.29, 0.717) is 22.7 Å². The van der Waals surface area contributed by atoms with Gasteiger partial charge in [-0.3, -0.25) is 24.0 Å². The Morgan fingerprint density at radius 2 is 1.71 bits per heavy atom. The number of primary amides is 1. The number of ether oxygens (including phenoxy) is 1. The number of nitrogens with zero attached hydrogens (tertiary/aromatic N) is 1. The standard InChI is InChI=1S/C32H36N4O9/c1-13(2)21-18-11-14-10-17-20(36(3)4)12-19(35-31(43)34-15-6-8-16(45-5)9-7-15)25(37)23(17)27(39)22(14)28(40)32(18,44)29(41)24(26(21)38)30(33)42/h6-9,12-14,18,21-22,24,37,44H,10-11H2,1-5H3,(H2,33,42)(H2,34,35,43)/t14-,18-,21-,22?,24?,32-/m0/s1. The number of anilines is 3. The van der Waals surface area contributed by atoms with Gasteiger partial charge < -0.3 is 36.2 Å². The van der Waals surface area contributed by atoms with Crippen molar-refractivity contribution < 1.29 is 43.7 Å². The number of hydrogen-bond acceptors (Lipinski definition) is 10. The summed E-state index contributed by atoms with van der Waals surface area (Å²) >= 11 is 0. The first-order chi connectivity index (χ1) is 21.1. The van der Waals surface area contributed by atoms with E-state index in [0.717, 1.165) is 0 Å². The molecule has 0 aromatic heterocycles. The van der Waals surface area contributed by atoms with Crippen molar-refractivity contribution in [3.8, 4) is 11.5 Å². The predicted octanol–water partition coefficient (Wildman–Crippen LogP) is 1.93. The first-order valence-electron chi connectivity index (χ1n) is 14.6. The molecule has 2 unspecified atom stereocenters. The maximum Gasteiger partial charge on any atom is 0.323 e. The summed E-state index contributed by atoms with van der Waals surface area (Å²) in [6, 6.07) is 7.30. The van der Waals surface area contributed by atoms with Gasteiger partial charge in [0.1, 0.15) is 11.5 Å². The quantitative estimate of drug-likeness (QED) is 0.234. The van der Waals surface area contributed by atoms with Crippen LogP contribution < -0.4 is 26.0 Å². The van der Waals surface area contributed by atoms with Crippen molar-refractivity contribution in [1.29, 1.82) is 0 Å². The van der Waals surface area contributed by atoms with Crippen molar-refractivity contribution in [3.63, 3.8) is 0 Å². The molecule has 3 aliphatic carbocycles. The fourth-order valence-corrected chi connectivity index (χ4v) is 7.36. The number of amides is 3. The lowest BCUT2D eigenvalue weighted by molar-refractivity contribution is -0.182. The van der Waals surface area contributed by atoms with E-state index in [1.807, 2.05) is 0 Å². The molecule has 2 aromatic carbocycles. The average molecular weight is 621 g/mol. The van der Waals surface area contributed by atoms with Gasteiger partial charge in [0, 0.05) is 37.3 Å². The number of phenolic OH excluding ortho intramolecular Hbond substituents is 1. The molecule has 0 spiro atoms. The van der Waals surface area contributed by atoms with E-state index >= 15 is 0 Å². The molecular formula is C32H36N4O9. The van der Waals surface area contributed by atoms with Gasteiger partial charge in [-0.05, 0) is 60.6 Å². The Bertz CT molecular complexity index is 1630. The highest BCUT2D eigenvalue weighted by Gasteiger charge is 2.69. The van der Waals surface area contributed by atoms with E-state index in [1.54, 1.807) is 57.1 Å². The number of benzene rings is 2. The summed E-state index contributed by atoms with van der Waals surface area (Å²) < 4.78 is 5.11. The smallest absolute Gasteiger partial charge is 0.323 e. The van der Waals surface area contributed by atoms with Crippen LogP contribution in [0.5, 0.6) is 11.5 Å². The third-order valence-corrected chi connectivity index (χ3v) is 9.37. The van der Waals surface area contributed by atoms with Gasteiger partial charge in [-0.15, -0.1) is 0 Å². The van der Waals surface area contributed by atoms with Crippen LogP contribution in [-0.2, 0) is 25.6 Å². The number of methoxy groups -OCH3 is 1. The van der Waals surface area contributed by atoms with Crippen LogP contribution in [0.3, 0.4) is 0 Å². The summed E-state index contributed by atoms with van der Waals surface area (Å²) in [5, 5.41) is 28.3. The summed E-state index contributed by atoms with van der Waals surface area (Å²) in [5.41, 5.74) is 3.62. The van der Waals surface area contributed by atoms with Crippen LogP contribution in [0.4, 0.5) is 21.9 Å². The maximum atomic E-state index is 14.1. The highest BCUT2D eigenvalue weighted by atomic mass is 16.5. The van der Waals surface area contributed by atoms with Crippen molar-refractivity contribution in [2.75, 3.05) is 36.7 Å². The molecule has 6 N–H and O–H groups in total. The van der Waals surface area contributed by atoms with E-state index in [4.69, 9.17) is 10.5 Å². The number of nitrogens with one attached hydrogen (secondary N) is 2. The van der Waals surface area contributed by atoms with Crippen LogP contribution in [0.15, 0.2) is 30.3 Å². The molecule has 0 aliphatic heterocycles. The summed E-state index contributed by atoms with van der Waals surface area (Å²) in [6.07, 6.45) is 0.0810. The number of hydrogen-bond donors (Lipinski definition) is 5. The fourth-order valence-electron chi connectivity index (χ4n) is 7.36. The highest BCUT2D eigenvalue weighted by molar-refractivity contribution is 6.32. The monoisotopic (exact) mass is 620 g/mol. The number of ketones is 4. The van der Waals surface area contributed by atoms with Crippen molar-refractivity contribution in [2.24, 2.45) is 41.2 Å². The largest absolute Gasteiger partial charge is 0.505 e. The van der Waals surface area contributed by atoms with Gasteiger partial charge in [0.05, 0.1) is 24.3 Å². The molecule has 3 aliphatic rings. The molecule has 13 heteroatoms. The van der Waals surface area contributed by atoms with Crippen molar-refractivity contribution in [1.82, 2.24) is 0 Å². The van der Waals surface area contributed by atoms with Crippen molar-refractivity contribution >= 4 is 52.1 Å². The second kappa shape index (κ2) is 11.3. The molecule has 0 heterocycles. The minimum Gasteiger partial charge on any atom is -0.505 e. The molecule has 5 rings (SSSR count). The number of rotatable bonds is 6. The number of urea groups is 1. The number of carbonyl (C=O) groups is 6. The number of phenols is 1. The van der Waals surface area contributed by atoms with E-state index in [9.17, 15) is 39.0 Å². The van der Waals surface area contributed by atoms with Crippen LogP contribution in [0.25, 0.3) is 0 Å². The Balaban J connectivity index is 1.55. The normalized spacial score (nSPS) is 27.3. The fraction of sp³-hybridized carbons (Fsp3) is 0.438. The van der Waals surface area contributed by atoms with Crippen LogP contribution in [-0.4, -0.2) is 72.1 Å². The van der Waals surface area contributed by atoms with Gasteiger partial charge in [0.25, 0.3) is 0 Å². The lowest BCUT2D eigenvalue weighted by Crippen LogP contribution is -2.71. The molecule has 6 atom stereocenters. The van der Waals surface area contributed by atoms with E-state index in [2.05, 4.69) is 10.6 Å². The molecule has 0 bridgehead atoms. The van der Waals surface area contributed by atoms with Gasteiger partial charge >= 0.3 is 6.03 Å². The molecule has 13 nitrogen and oxygen atoms in total. The van der Waals surface area contributed by atoms with Crippen molar-refractivity contribution in [2.45, 2.75) is 32.3 Å². The first kappa shape index (κ1) is 31.6. The minimum atomic E-state index is -2.79. The number of aliphatic hydroxyl groups is 1. The minimum absolute atomic E-state index is 0.0260. The van der Waals surface area contributed by atoms with Gasteiger partial charge in [-0.2, -0.15) is 0 Å². The number of nitrogens with two attached hydrogens (primary N) is 1. The summed E-state index contributed by atoms with van der Waals surface area (Å²) in [5.74, 6) is -12.1. The van der Waals surface area contributed by atoms with Gasteiger partial charge in [-0.25, -0.2) is 4.79 Å². The second-order valence-corrected chi connectivity index (χ2v) is 12.5. The lowest BCUT2D eigenvalue weighted by atomic mass is 9.50. The van der Waals surface area contributed by atoms with Crippen LogP contribution in [0.2, 0.25) is 0 Å². The Labute approximate surface area is 259 Å². The highest BCUT2D eigenvalue weighted by Crippen LogP contribution is 2.54. The Morgan fingerprint density at radius 1 is 1.07 bits per heavy atom. The first-order valence-corrected chi connectivity index (χ1v) is 14.6. The molecule has 2 saturated carbocycles. The van der Waals surface area contributed by atoms with E-state index < -0.39 is 81.9 Å². The van der Waals surface area contributed by atoms with Crippen LogP contribution in [0.1, 0.15) is 36.2 Å². The Morgan fingerprint density at radius 3 is 2.27 bits per heavy atom. The zero-order valence-corrected chi connectivity index (χ0v) is 25.5. The third kappa shape index (κ3) is 4.91. The van der Waals surface area contributed by atoms with Crippen LogP contribution in [0, 0.1) is 35.5 Å². The van der Waals surface area contributed by atoms with Crippen molar-refractivity contribution in [3.05, 3.63) is 41.5 Å². The second-order valence-electron chi connectivity index (χ2n) is 12.5. The number of aromatic hydroxyl groups is 1. The number of Topliss-reactive ketones (excluding diaryl/α,β-unsaturated/α-hetero) is 4. The molecule has 45 heavy (non-hydrogen) atoms. The van der Waals surface area contributed by atoms with Gasteiger partial charge in [0.2, 0.25) is 5.91 Å². The zero-order chi connectivity index (χ0) is 33.1. The lowest BCUT2D eigenvalue weighted by Gasteiger charge is -2.52. The Hall–Kier alpha value is -4.78. The molecule has 2 fully saturated rings. The topological polar surface area (TPSA) is 205 Å². The third-order valence-electron chi connectivity index (χ3n) is 9.37. The Kier molecular flexibility index (Phi) is 7.94. The number of fused-ring (bicyclic) bond motifs is 3. The van der Waals surface area contributed by atoms with E-state index in [1.165, 1.54) is 13.2 Å². The summed E-state index contributed by atoms with van der Waals surface area (Å²) in [6.45, 7) is 3.38. The average Bonchev–Trinajstić information content (AvgIpc) is 2.96. The predicted molar refractivity (Wildman–Crippen MR) is 162 cm³/mol. The molecule has 2 aromatic rings. The summed E-state index contributed by atoms with van der Waals surface area (Å²) in [4.78, 5) is 81.8. The molecule has 0 saturated heterocycles. The van der Waals surface area contributed by atoms with E-state index in [-0.39, 0.29) is 24.1 Å². The maximum absolute atomic E-state index is 14.1.